The summed E-state index contributed by atoms with van der Waals surface area (Å²) >= 11 is 0. The van der Waals surface area contributed by atoms with Crippen molar-refractivity contribution < 1.29 is 25.2 Å². The number of ether oxygens (including phenoxy) is 1. The second kappa shape index (κ2) is 6.86. The molecular weight excluding hydrogens is 440 g/mol. The van der Waals surface area contributed by atoms with Crippen LogP contribution in [0.1, 0.15) is 106 Å². The molecule has 0 aromatic carbocycles. The van der Waals surface area contributed by atoms with Gasteiger partial charge in [0.2, 0.25) is 0 Å². The normalized spacial score (nSPS) is 60.9. The highest BCUT2D eigenvalue weighted by molar-refractivity contribution is 5.33. The zero-order chi connectivity index (χ0) is 25.6. The molecule has 0 bridgehead atoms. The minimum absolute atomic E-state index is 0.0267. The standard InChI is InChI=1S/C30H50O5/c1-24(2)20(33)8-11-30-16-29(30)13-12-26(5)23(28(7)10-9-21(35-28)25(3,4)34)18(32)15-27(26,6)19(29)14-17(31)22(24)30/h17-23,31-34H,8-16H2,1-7H3/t17-,18+,19-,20+,21+,22+,23-,26+,27-,28+,29+,30-/m0/s1. The summed E-state index contributed by atoms with van der Waals surface area (Å²) in [7, 11) is 0. The molecule has 4 N–H and O–H groups in total. The lowest BCUT2D eigenvalue weighted by Gasteiger charge is -2.64. The van der Waals surface area contributed by atoms with Crippen LogP contribution >= 0.6 is 0 Å². The molecule has 5 aliphatic carbocycles. The molecule has 6 rings (SSSR count). The van der Waals surface area contributed by atoms with Crippen molar-refractivity contribution in [2.75, 3.05) is 0 Å². The molecule has 0 aromatic heterocycles. The molecule has 5 heteroatoms. The fraction of sp³-hybridized carbons (Fsp3) is 1.00. The number of hydrogen-bond donors (Lipinski definition) is 4. The van der Waals surface area contributed by atoms with Crippen LogP contribution in [0, 0.1) is 44.8 Å². The van der Waals surface area contributed by atoms with Gasteiger partial charge in [-0.05, 0) is 117 Å². The maximum Gasteiger partial charge on any atom is 0.0865 e. The summed E-state index contributed by atoms with van der Waals surface area (Å²) in [5, 5.41) is 45.0. The Morgan fingerprint density at radius 3 is 2.09 bits per heavy atom. The SMILES string of the molecule is CC(C)(O)[C@H]1CC[C@](C)([C@H]2[C@H](O)C[C@@]3(C)[C@@H]4C[C@H](O)[C@@H]5C(C)(C)[C@H](O)CC[C@]56C[C@]46CC[C@]23C)O1. The molecule has 5 saturated carbocycles. The first-order chi connectivity index (χ1) is 16.0. The number of aliphatic hydroxyl groups excluding tert-OH is 3. The van der Waals surface area contributed by atoms with Gasteiger partial charge in [-0.15, -0.1) is 0 Å². The van der Waals surface area contributed by atoms with Gasteiger partial charge >= 0.3 is 0 Å². The van der Waals surface area contributed by atoms with Crippen molar-refractivity contribution >= 4 is 0 Å². The Labute approximate surface area is 212 Å². The van der Waals surface area contributed by atoms with E-state index in [9.17, 15) is 20.4 Å². The molecule has 1 saturated heterocycles. The predicted molar refractivity (Wildman–Crippen MR) is 134 cm³/mol. The molecule has 2 spiro atoms. The average molecular weight is 491 g/mol. The Hall–Kier alpha value is -0.200. The Kier molecular flexibility index (Phi) is 4.92. The van der Waals surface area contributed by atoms with Crippen LogP contribution in [0.15, 0.2) is 0 Å². The lowest BCUT2D eigenvalue weighted by molar-refractivity contribution is -0.213. The van der Waals surface area contributed by atoms with Crippen LogP contribution in [0.5, 0.6) is 0 Å². The van der Waals surface area contributed by atoms with E-state index in [2.05, 4.69) is 34.6 Å². The van der Waals surface area contributed by atoms with Crippen molar-refractivity contribution in [2.24, 2.45) is 44.8 Å². The fourth-order valence-corrected chi connectivity index (χ4v) is 12.1. The first-order valence-electron chi connectivity index (χ1n) is 14.4. The topological polar surface area (TPSA) is 90.2 Å². The molecule has 6 fully saturated rings. The van der Waals surface area contributed by atoms with Crippen molar-refractivity contribution in [3.63, 3.8) is 0 Å². The number of fused-ring (bicyclic) bond motifs is 2. The van der Waals surface area contributed by atoms with E-state index in [1.165, 1.54) is 6.42 Å². The molecule has 1 aliphatic heterocycles. The molecule has 12 atom stereocenters. The zero-order valence-corrected chi connectivity index (χ0v) is 23.1. The first-order valence-corrected chi connectivity index (χ1v) is 14.4. The minimum atomic E-state index is -0.886. The molecule has 0 amide bonds. The molecule has 0 aromatic rings. The van der Waals surface area contributed by atoms with Crippen molar-refractivity contribution in [3.8, 4) is 0 Å². The van der Waals surface area contributed by atoms with E-state index in [0.29, 0.717) is 5.92 Å². The first kappa shape index (κ1) is 25.1. The van der Waals surface area contributed by atoms with E-state index in [-0.39, 0.29) is 51.1 Å². The highest BCUT2D eigenvalue weighted by atomic mass is 16.5. The third-order valence-corrected chi connectivity index (χ3v) is 13.8. The zero-order valence-electron chi connectivity index (χ0n) is 23.1. The fourth-order valence-electron chi connectivity index (χ4n) is 12.1. The van der Waals surface area contributed by atoms with Gasteiger partial charge in [0, 0.05) is 5.92 Å². The minimum Gasteiger partial charge on any atom is -0.393 e. The predicted octanol–water partition coefficient (Wildman–Crippen LogP) is 4.44. The van der Waals surface area contributed by atoms with Gasteiger partial charge in [0.05, 0.1) is 35.6 Å². The van der Waals surface area contributed by atoms with Crippen molar-refractivity contribution in [2.45, 2.75) is 142 Å². The third-order valence-electron chi connectivity index (χ3n) is 13.8. The summed E-state index contributed by atoms with van der Waals surface area (Å²) in [6, 6.07) is 0. The summed E-state index contributed by atoms with van der Waals surface area (Å²) in [4.78, 5) is 0. The molecule has 5 nitrogen and oxygen atoms in total. The monoisotopic (exact) mass is 490 g/mol. The number of aliphatic hydroxyl groups is 4. The van der Waals surface area contributed by atoms with E-state index < -0.39 is 23.4 Å². The van der Waals surface area contributed by atoms with E-state index in [1.54, 1.807) is 0 Å². The number of hydrogen-bond acceptors (Lipinski definition) is 5. The van der Waals surface area contributed by atoms with Crippen molar-refractivity contribution in [1.82, 2.24) is 0 Å². The summed E-state index contributed by atoms with van der Waals surface area (Å²) in [5.41, 5.74) is -1.35. The molecule has 0 radical (unpaired) electrons. The van der Waals surface area contributed by atoms with Gasteiger partial charge in [0.15, 0.2) is 0 Å². The van der Waals surface area contributed by atoms with Crippen molar-refractivity contribution in [1.29, 1.82) is 0 Å². The lowest BCUT2D eigenvalue weighted by atomic mass is 9.41. The van der Waals surface area contributed by atoms with Gasteiger partial charge in [-0.1, -0.05) is 27.7 Å². The van der Waals surface area contributed by atoms with Crippen LogP contribution in [-0.2, 0) is 4.74 Å². The summed E-state index contributed by atoms with van der Waals surface area (Å²) in [6.07, 6.45) is 7.18. The van der Waals surface area contributed by atoms with Gasteiger partial charge in [-0.2, -0.15) is 0 Å². The second-order valence-corrected chi connectivity index (χ2v) is 15.9. The highest BCUT2D eigenvalue weighted by Gasteiger charge is 2.84. The molecular formula is C30H50O5. The van der Waals surface area contributed by atoms with Gasteiger partial charge in [-0.25, -0.2) is 0 Å². The van der Waals surface area contributed by atoms with Crippen LogP contribution in [-0.4, -0.2) is 56.0 Å². The van der Waals surface area contributed by atoms with Gasteiger partial charge in [-0.3, -0.25) is 0 Å². The van der Waals surface area contributed by atoms with Crippen LogP contribution in [0.4, 0.5) is 0 Å². The van der Waals surface area contributed by atoms with E-state index in [0.717, 1.165) is 51.4 Å². The molecule has 0 unspecified atom stereocenters. The van der Waals surface area contributed by atoms with Gasteiger partial charge in [0.25, 0.3) is 0 Å². The maximum absolute atomic E-state index is 11.7. The summed E-state index contributed by atoms with van der Waals surface area (Å²) in [5.74, 6) is 0.577. The van der Waals surface area contributed by atoms with E-state index >= 15 is 0 Å². The maximum atomic E-state index is 11.7. The van der Waals surface area contributed by atoms with Gasteiger partial charge < -0.3 is 25.2 Å². The quantitative estimate of drug-likeness (QED) is 0.460. The second-order valence-electron chi connectivity index (χ2n) is 15.9. The van der Waals surface area contributed by atoms with E-state index in [1.807, 2.05) is 13.8 Å². The van der Waals surface area contributed by atoms with Crippen LogP contribution < -0.4 is 0 Å². The Balaban J connectivity index is 1.37. The number of rotatable bonds is 2. The Morgan fingerprint density at radius 1 is 0.771 bits per heavy atom. The Morgan fingerprint density at radius 2 is 1.46 bits per heavy atom. The third kappa shape index (κ3) is 2.78. The van der Waals surface area contributed by atoms with Crippen LogP contribution in [0.3, 0.4) is 0 Å². The largest absolute Gasteiger partial charge is 0.393 e. The van der Waals surface area contributed by atoms with Crippen LogP contribution in [0.2, 0.25) is 0 Å². The molecule has 1 heterocycles. The summed E-state index contributed by atoms with van der Waals surface area (Å²) < 4.78 is 6.66. The van der Waals surface area contributed by atoms with Crippen LogP contribution in [0.25, 0.3) is 0 Å². The average Bonchev–Trinajstić information content (AvgIpc) is 3.08. The van der Waals surface area contributed by atoms with E-state index in [4.69, 9.17) is 4.74 Å². The summed E-state index contributed by atoms with van der Waals surface area (Å²) in [6.45, 7) is 15.0. The molecule has 200 valence electrons. The highest BCUT2D eigenvalue weighted by Crippen LogP contribution is 2.89. The van der Waals surface area contributed by atoms with Gasteiger partial charge in [0.1, 0.15) is 0 Å². The Bertz CT molecular complexity index is 911. The molecule has 6 aliphatic rings. The lowest BCUT2D eigenvalue weighted by Crippen LogP contribution is -2.62. The van der Waals surface area contributed by atoms with Crippen molar-refractivity contribution in [3.05, 3.63) is 0 Å². The molecule has 35 heavy (non-hydrogen) atoms. The smallest absolute Gasteiger partial charge is 0.0865 e.